The van der Waals surface area contributed by atoms with E-state index in [1.165, 1.54) is 0 Å². The van der Waals surface area contributed by atoms with Gasteiger partial charge in [0.2, 0.25) is 0 Å². The minimum absolute atomic E-state index is 0.214. The molecule has 0 aliphatic carbocycles. The largest absolute Gasteiger partial charge is 0.465 e. The number of rotatable bonds is 6. The van der Waals surface area contributed by atoms with E-state index in [9.17, 15) is 0 Å². The zero-order chi connectivity index (χ0) is 11.3. The molecule has 1 rings (SSSR count). The molecule has 2 atom stereocenters. The molecule has 1 aromatic rings. The zero-order valence-corrected chi connectivity index (χ0v) is 10.0. The van der Waals surface area contributed by atoms with Crippen LogP contribution < -0.4 is 5.32 Å². The Bertz CT molecular complexity index is 283. The van der Waals surface area contributed by atoms with Crippen molar-refractivity contribution in [3.63, 3.8) is 0 Å². The van der Waals surface area contributed by atoms with Gasteiger partial charge in [0.1, 0.15) is 11.5 Å². The van der Waals surface area contributed by atoms with E-state index in [4.69, 9.17) is 9.15 Å². The molecule has 0 fully saturated rings. The van der Waals surface area contributed by atoms with E-state index in [2.05, 4.69) is 26.1 Å². The molecular formula is C12H21NO2. The molecule has 86 valence electrons. The van der Waals surface area contributed by atoms with Crippen LogP contribution in [0.4, 0.5) is 0 Å². The molecule has 3 heteroatoms. The van der Waals surface area contributed by atoms with Gasteiger partial charge in [0.05, 0.1) is 12.6 Å². The predicted octanol–water partition coefficient (Wildman–Crippen LogP) is 2.36. The van der Waals surface area contributed by atoms with Gasteiger partial charge in [-0.15, -0.1) is 0 Å². The van der Waals surface area contributed by atoms with Gasteiger partial charge in [-0.1, -0.05) is 6.92 Å². The van der Waals surface area contributed by atoms with Crippen LogP contribution in [0.2, 0.25) is 0 Å². The topological polar surface area (TPSA) is 34.4 Å². The summed E-state index contributed by atoms with van der Waals surface area (Å²) in [5.74, 6) is 2.03. The molecule has 0 aliphatic heterocycles. The predicted molar refractivity (Wildman–Crippen MR) is 60.9 cm³/mol. The van der Waals surface area contributed by atoms with Crippen molar-refractivity contribution in [2.24, 2.45) is 0 Å². The summed E-state index contributed by atoms with van der Waals surface area (Å²) in [5.41, 5.74) is 0. The van der Waals surface area contributed by atoms with Crippen molar-refractivity contribution in [3.8, 4) is 0 Å². The van der Waals surface area contributed by atoms with E-state index in [0.717, 1.165) is 24.5 Å². The monoisotopic (exact) mass is 211 g/mol. The maximum absolute atomic E-state index is 5.59. The molecule has 1 heterocycles. The van der Waals surface area contributed by atoms with Gasteiger partial charge in [0.15, 0.2) is 0 Å². The Kier molecular flexibility index (Phi) is 4.85. The van der Waals surface area contributed by atoms with Gasteiger partial charge >= 0.3 is 0 Å². The summed E-state index contributed by atoms with van der Waals surface area (Å²) in [6.07, 6.45) is 1.16. The average molecular weight is 211 g/mol. The summed E-state index contributed by atoms with van der Waals surface area (Å²) in [6.45, 7) is 7.01. The molecule has 0 saturated heterocycles. The Morgan fingerprint density at radius 3 is 2.53 bits per heavy atom. The fraction of sp³-hybridized carbons (Fsp3) is 0.667. The van der Waals surface area contributed by atoms with E-state index in [1.807, 2.05) is 12.1 Å². The average Bonchev–Trinajstić information content (AvgIpc) is 2.72. The molecule has 0 amide bonds. The van der Waals surface area contributed by atoms with E-state index >= 15 is 0 Å². The molecule has 3 nitrogen and oxygen atoms in total. The molecular weight excluding hydrogens is 190 g/mol. The Morgan fingerprint density at radius 1 is 1.33 bits per heavy atom. The number of ether oxygens (including phenoxy) is 1. The van der Waals surface area contributed by atoms with E-state index in [1.54, 1.807) is 7.11 Å². The number of aryl methyl sites for hydroxylation is 1. The van der Waals surface area contributed by atoms with Crippen molar-refractivity contribution in [2.45, 2.75) is 45.9 Å². The fourth-order valence-corrected chi connectivity index (χ4v) is 1.34. The van der Waals surface area contributed by atoms with Crippen molar-refractivity contribution in [1.29, 1.82) is 0 Å². The first-order chi connectivity index (χ1) is 7.17. The summed E-state index contributed by atoms with van der Waals surface area (Å²) in [4.78, 5) is 0. The molecule has 0 unspecified atom stereocenters. The molecule has 0 spiro atoms. The summed E-state index contributed by atoms with van der Waals surface area (Å²) in [6, 6.07) is 4.38. The fourth-order valence-electron chi connectivity index (χ4n) is 1.34. The Hall–Kier alpha value is -0.800. The lowest BCUT2D eigenvalue weighted by molar-refractivity contribution is 0.0875. The lowest BCUT2D eigenvalue weighted by atomic mass is 10.2. The Labute approximate surface area is 91.8 Å². The first kappa shape index (κ1) is 12.3. The molecule has 0 radical (unpaired) electrons. The second-order valence-corrected chi connectivity index (χ2v) is 3.83. The first-order valence-electron chi connectivity index (χ1n) is 5.51. The second kappa shape index (κ2) is 5.93. The molecule has 0 aliphatic rings. The van der Waals surface area contributed by atoms with Gasteiger partial charge in [-0.3, -0.25) is 0 Å². The highest BCUT2D eigenvalue weighted by atomic mass is 16.5. The van der Waals surface area contributed by atoms with Crippen LogP contribution in [0, 0.1) is 0 Å². The van der Waals surface area contributed by atoms with Gasteiger partial charge in [0, 0.05) is 19.6 Å². The van der Waals surface area contributed by atoms with Crippen LogP contribution in [0.25, 0.3) is 0 Å². The summed E-state index contributed by atoms with van der Waals surface area (Å²) >= 11 is 0. The van der Waals surface area contributed by atoms with Crippen molar-refractivity contribution in [3.05, 3.63) is 23.7 Å². The Balaban J connectivity index is 2.36. The SMILES string of the molecule is CCc1ccc(CN[C@@H](C)[C@@H](C)OC)o1. The van der Waals surface area contributed by atoms with E-state index in [-0.39, 0.29) is 6.10 Å². The molecule has 0 saturated carbocycles. The van der Waals surface area contributed by atoms with Gasteiger partial charge in [-0.25, -0.2) is 0 Å². The van der Waals surface area contributed by atoms with Crippen LogP contribution in [-0.4, -0.2) is 19.3 Å². The van der Waals surface area contributed by atoms with Crippen molar-refractivity contribution in [1.82, 2.24) is 5.32 Å². The highest BCUT2D eigenvalue weighted by Crippen LogP contribution is 2.08. The third kappa shape index (κ3) is 3.68. The van der Waals surface area contributed by atoms with E-state index < -0.39 is 0 Å². The van der Waals surface area contributed by atoms with Crippen molar-refractivity contribution >= 4 is 0 Å². The van der Waals surface area contributed by atoms with Crippen LogP contribution in [0.3, 0.4) is 0 Å². The second-order valence-electron chi connectivity index (χ2n) is 3.83. The summed E-state index contributed by atoms with van der Waals surface area (Å²) < 4.78 is 10.8. The number of hydrogen-bond acceptors (Lipinski definition) is 3. The standard InChI is InChI=1S/C12H21NO2/c1-5-11-6-7-12(15-11)8-13-9(2)10(3)14-4/h6-7,9-10,13H,5,8H2,1-4H3/t9-,10+/m0/s1. The highest BCUT2D eigenvalue weighted by Gasteiger charge is 2.10. The van der Waals surface area contributed by atoms with Crippen LogP contribution in [0.5, 0.6) is 0 Å². The summed E-state index contributed by atoms with van der Waals surface area (Å²) in [5, 5.41) is 3.37. The molecule has 0 bridgehead atoms. The van der Waals surface area contributed by atoms with Gasteiger partial charge in [-0.2, -0.15) is 0 Å². The molecule has 1 aromatic heterocycles. The van der Waals surface area contributed by atoms with Gasteiger partial charge in [-0.05, 0) is 26.0 Å². The first-order valence-corrected chi connectivity index (χ1v) is 5.51. The maximum Gasteiger partial charge on any atom is 0.117 e. The van der Waals surface area contributed by atoms with Crippen LogP contribution in [0.15, 0.2) is 16.5 Å². The lowest BCUT2D eigenvalue weighted by Gasteiger charge is -2.19. The quantitative estimate of drug-likeness (QED) is 0.784. The minimum atomic E-state index is 0.214. The smallest absolute Gasteiger partial charge is 0.117 e. The molecule has 0 aromatic carbocycles. The molecule has 1 N–H and O–H groups in total. The lowest BCUT2D eigenvalue weighted by Crippen LogP contribution is -2.36. The van der Waals surface area contributed by atoms with Crippen LogP contribution in [0.1, 0.15) is 32.3 Å². The Morgan fingerprint density at radius 2 is 2.00 bits per heavy atom. The maximum atomic E-state index is 5.59. The number of hydrogen-bond donors (Lipinski definition) is 1. The van der Waals surface area contributed by atoms with Gasteiger partial charge in [0.25, 0.3) is 0 Å². The third-order valence-corrected chi connectivity index (χ3v) is 2.74. The van der Waals surface area contributed by atoms with Crippen LogP contribution >= 0.6 is 0 Å². The third-order valence-electron chi connectivity index (χ3n) is 2.74. The minimum Gasteiger partial charge on any atom is -0.465 e. The number of furan rings is 1. The number of methoxy groups -OCH3 is 1. The van der Waals surface area contributed by atoms with Crippen molar-refractivity contribution in [2.75, 3.05) is 7.11 Å². The summed E-state index contributed by atoms with van der Waals surface area (Å²) in [7, 11) is 1.73. The molecule has 15 heavy (non-hydrogen) atoms. The normalized spacial score (nSPS) is 15.2. The number of nitrogens with one attached hydrogen (secondary N) is 1. The van der Waals surface area contributed by atoms with Gasteiger partial charge < -0.3 is 14.5 Å². The van der Waals surface area contributed by atoms with E-state index in [0.29, 0.717) is 6.04 Å². The highest BCUT2D eigenvalue weighted by molar-refractivity contribution is 5.06. The van der Waals surface area contributed by atoms with Crippen molar-refractivity contribution < 1.29 is 9.15 Å². The zero-order valence-electron chi connectivity index (χ0n) is 10.0. The van der Waals surface area contributed by atoms with Crippen LogP contribution in [-0.2, 0) is 17.7 Å².